The fourth-order valence-corrected chi connectivity index (χ4v) is 5.22. The van der Waals surface area contributed by atoms with Gasteiger partial charge in [0.1, 0.15) is 5.84 Å². The van der Waals surface area contributed by atoms with Crippen molar-refractivity contribution in [1.82, 2.24) is 15.1 Å². The quantitative estimate of drug-likeness (QED) is 0.570. The van der Waals surface area contributed by atoms with Crippen LogP contribution in [0.15, 0.2) is 69.5 Å². The van der Waals surface area contributed by atoms with Gasteiger partial charge in [0.25, 0.3) is 0 Å². The molecule has 2 aromatic carbocycles. The Bertz CT molecular complexity index is 944. The number of hydrogen-bond donors (Lipinski definition) is 1. The zero-order chi connectivity index (χ0) is 21.6. The van der Waals surface area contributed by atoms with Gasteiger partial charge in [-0.3, -0.25) is 4.90 Å². The molecule has 2 heterocycles. The van der Waals surface area contributed by atoms with Gasteiger partial charge in [-0.25, -0.2) is 4.99 Å². The van der Waals surface area contributed by atoms with Gasteiger partial charge < -0.3 is 10.2 Å². The number of nitrogens with zero attached hydrogens (tertiary/aromatic N) is 3. The van der Waals surface area contributed by atoms with Crippen molar-refractivity contribution in [3.63, 3.8) is 0 Å². The van der Waals surface area contributed by atoms with E-state index in [2.05, 4.69) is 71.1 Å². The van der Waals surface area contributed by atoms with Crippen molar-refractivity contribution in [2.75, 3.05) is 32.7 Å². The molecule has 2 aliphatic rings. The van der Waals surface area contributed by atoms with Gasteiger partial charge in [-0.1, -0.05) is 56.3 Å². The summed E-state index contributed by atoms with van der Waals surface area (Å²) in [5, 5.41) is 3.35. The molecule has 2 aliphatic heterocycles. The number of hydrogen-bond acceptors (Lipinski definition) is 5. The SMILES string of the molecule is C=C(C)NCc1ccc2c(c1)Sc1ccccc1N=C2N1CCN(CCCCC)CC1. The maximum Gasteiger partial charge on any atom is 0.137 e. The molecule has 0 unspecified atom stereocenters. The number of piperazine rings is 1. The Morgan fingerprint density at radius 1 is 1.06 bits per heavy atom. The van der Waals surface area contributed by atoms with Crippen LogP contribution in [0.25, 0.3) is 0 Å². The number of amidine groups is 1. The third kappa shape index (κ3) is 5.52. The van der Waals surface area contributed by atoms with Crippen LogP contribution in [-0.2, 0) is 6.54 Å². The number of nitrogens with one attached hydrogen (secondary N) is 1. The summed E-state index contributed by atoms with van der Waals surface area (Å²) < 4.78 is 0. The summed E-state index contributed by atoms with van der Waals surface area (Å²) >= 11 is 1.83. The molecule has 1 saturated heterocycles. The number of para-hydroxylation sites is 1. The zero-order valence-electron chi connectivity index (χ0n) is 18.9. The van der Waals surface area contributed by atoms with E-state index in [1.807, 2.05) is 18.7 Å². The smallest absolute Gasteiger partial charge is 0.137 e. The largest absolute Gasteiger partial charge is 0.385 e. The van der Waals surface area contributed by atoms with Crippen molar-refractivity contribution in [3.05, 3.63) is 65.9 Å². The number of benzene rings is 2. The summed E-state index contributed by atoms with van der Waals surface area (Å²) in [4.78, 5) is 12.8. The monoisotopic (exact) mass is 434 g/mol. The lowest BCUT2D eigenvalue weighted by molar-refractivity contribution is 0.179. The molecule has 0 bridgehead atoms. The molecule has 0 radical (unpaired) electrons. The van der Waals surface area contributed by atoms with Gasteiger partial charge in [0, 0.05) is 53.8 Å². The van der Waals surface area contributed by atoms with Crippen molar-refractivity contribution in [2.24, 2.45) is 4.99 Å². The normalized spacial score (nSPS) is 16.2. The lowest BCUT2D eigenvalue weighted by atomic mass is 10.1. The lowest BCUT2D eigenvalue weighted by Crippen LogP contribution is -2.49. The predicted octanol–water partition coefficient (Wildman–Crippen LogP) is 5.66. The highest BCUT2D eigenvalue weighted by Gasteiger charge is 2.25. The van der Waals surface area contributed by atoms with Crippen molar-refractivity contribution in [2.45, 2.75) is 49.4 Å². The molecule has 31 heavy (non-hydrogen) atoms. The molecule has 0 aromatic heterocycles. The van der Waals surface area contributed by atoms with E-state index in [1.54, 1.807) is 0 Å². The maximum absolute atomic E-state index is 5.18. The van der Waals surface area contributed by atoms with Crippen LogP contribution < -0.4 is 5.32 Å². The van der Waals surface area contributed by atoms with Gasteiger partial charge in [-0.2, -0.15) is 0 Å². The van der Waals surface area contributed by atoms with E-state index in [0.717, 1.165) is 49.9 Å². The van der Waals surface area contributed by atoms with Crippen LogP contribution in [0.5, 0.6) is 0 Å². The maximum atomic E-state index is 5.18. The lowest BCUT2D eigenvalue weighted by Gasteiger charge is -2.36. The van der Waals surface area contributed by atoms with E-state index in [1.165, 1.54) is 46.7 Å². The number of fused-ring (bicyclic) bond motifs is 2. The Balaban J connectivity index is 1.58. The van der Waals surface area contributed by atoms with Gasteiger partial charge >= 0.3 is 0 Å². The molecule has 0 spiro atoms. The average Bonchev–Trinajstić information content (AvgIpc) is 2.94. The van der Waals surface area contributed by atoms with E-state index >= 15 is 0 Å². The third-order valence-corrected chi connectivity index (χ3v) is 7.07. The molecule has 1 N–H and O–H groups in total. The molecule has 2 aromatic rings. The molecule has 4 nitrogen and oxygen atoms in total. The molecule has 0 aliphatic carbocycles. The van der Waals surface area contributed by atoms with Crippen molar-refractivity contribution in [1.29, 1.82) is 0 Å². The average molecular weight is 435 g/mol. The minimum absolute atomic E-state index is 0.799. The Kier molecular flexibility index (Phi) is 7.36. The predicted molar refractivity (Wildman–Crippen MR) is 132 cm³/mol. The summed E-state index contributed by atoms with van der Waals surface area (Å²) in [6, 6.07) is 15.3. The Morgan fingerprint density at radius 3 is 2.65 bits per heavy atom. The first-order valence-corrected chi connectivity index (χ1v) is 12.3. The standard InChI is InChI=1S/C26H34N4S/c1-4-5-8-13-29-14-16-30(17-15-29)26-22-12-11-21(19-27-20(2)3)18-25(22)31-24-10-7-6-9-23(24)28-26/h6-7,9-12,18,27H,2,4-5,8,13-17,19H2,1,3H3. The third-order valence-electron chi connectivity index (χ3n) is 5.94. The molecule has 164 valence electrons. The molecule has 4 rings (SSSR count). The van der Waals surface area contributed by atoms with Crippen LogP contribution in [0.2, 0.25) is 0 Å². The Hall–Kier alpha value is -2.24. The first-order valence-electron chi connectivity index (χ1n) is 11.5. The van der Waals surface area contributed by atoms with Gasteiger partial charge in [0.15, 0.2) is 0 Å². The summed E-state index contributed by atoms with van der Waals surface area (Å²) in [5.41, 5.74) is 4.59. The van der Waals surface area contributed by atoms with Gasteiger partial charge in [-0.05, 0) is 49.7 Å². The van der Waals surface area contributed by atoms with Crippen LogP contribution in [0, 0.1) is 0 Å². The minimum Gasteiger partial charge on any atom is -0.385 e. The van der Waals surface area contributed by atoms with Crippen LogP contribution in [-0.4, -0.2) is 48.4 Å². The molecular formula is C26H34N4S. The summed E-state index contributed by atoms with van der Waals surface area (Å²) in [7, 11) is 0. The fraction of sp³-hybridized carbons (Fsp3) is 0.423. The summed E-state index contributed by atoms with van der Waals surface area (Å²) in [6.45, 7) is 14.6. The van der Waals surface area contributed by atoms with Crippen LogP contribution in [0.1, 0.15) is 44.2 Å². The topological polar surface area (TPSA) is 30.9 Å². The Morgan fingerprint density at radius 2 is 1.87 bits per heavy atom. The fourth-order valence-electron chi connectivity index (χ4n) is 4.14. The zero-order valence-corrected chi connectivity index (χ0v) is 19.7. The van der Waals surface area contributed by atoms with Gasteiger partial charge in [0.05, 0.1) is 5.69 Å². The van der Waals surface area contributed by atoms with Crippen LogP contribution >= 0.6 is 11.8 Å². The second-order valence-electron chi connectivity index (χ2n) is 8.51. The van der Waals surface area contributed by atoms with E-state index < -0.39 is 0 Å². The van der Waals surface area contributed by atoms with Crippen molar-refractivity contribution < 1.29 is 0 Å². The highest BCUT2D eigenvalue weighted by atomic mass is 32.2. The van der Waals surface area contributed by atoms with Crippen LogP contribution in [0.4, 0.5) is 5.69 Å². The molecule has 5 heteroatoms. The van der Waals surface area contributed by atoms with E-state index in [0.29, 0.717) is 0 Å². The number of unbranched alkanes of at least 4 members (excludes halogenated alkanes) is 2. The second-order valence-corrected chi connectivity index (χ2v) is 9.59. The van der Waals surface area contributed by atoms with Crippen molar-refractivity contribution >= 4 is 23.3 Å². The van der Waals surface area contributed by atoms with Gasteiger partial charge in [-0.15, -0.1) is 0 Å². The molecule has 0 amide bonds. The molecule has 0 atom stereocenters. The molecule has 1 fully saturated rings. The Labute approximate surface area is 191 Å². The van der Waals surface area contributed by atoms with Crippen LogP contribution in [0.3, 0.4) is 0 Å². The number of allylic oxidation sites excluding steroid dienone is 1. The van der Waals surface area contributed by atoms with E-state index in [4.69, 9.17) is 4.99 Å². The summed E-state index contributed by atoms with van der Waals surface area (Å²) in [6.07, 6.45) is 3.93. The summed E-state index contributed by atoms with van der Waals surface area (Å²) in [5.74, 6) is 1.13. The molecular weight excluding hydrogens is 400 g/mol. The van der Waals surface area contributed by atoms with Crippen molar-refractivity contribution in [3.8, 4) is 0 Å². The minimum atomic E-state index is 0.799. The number of rotatable bonds is 7. The first-order chi connectivity index (χ1) is 15.1. The number of aliphatic imine (C=N–C) groups is 1. The van der Waals surface area contributed by atoms with E-state index in [-0.39, 0.29) is 0 Å². The highest BCUT2D eigenvalue weighted by Crippen LogP contribution is 2.41. The van der Waals surface area contributed by atoms with E-state index in [9.17, 15) is 0 Å². The molecule has 0 saturated carbocycles. The van der Waals surface area contributed by atoms with Gasteiger partial charge in [0.2, 0.25) is 0 Å². The second kappa shape index (κ2) is 10.4. The highest BCUT2D eigenvalue weighted by molar-refractivity contribution is 7.99. The first kappa shape index (κ1) is 22.0.